The Labute approximate surface area is 247 Å². The van der Waals surface area contributed by atoms with Gasteiger partial charge in [-0.05, 0) is 166 Å². The summed E-state index contributed by atoms with van der Waals surface area (Å²) < 4.78 is 0. The van der Waals surface area contributed by atoms with Gasteiger partial charge in [0.2, 0.25) is 0 Å². The van der Waals surface area contributed by atoms with Crippen molar-refractivity contribution in [3.63, 3.8) is 0 Å². The van der Waals surface area contributed by atoms with Crippen molar-refractivity contribution in [2.45, 2.75) is 168 Å². The molecular weight excluding hydrogens is 488 g/mol. The third-order valence-electron chi connectivity index (χ3n) is 17.0. The van der Waals surface area contributed by atoms with Gasteiger partial charge in [-0.2, -0.15) is 0 Å². The molecule has 0 bridgehead atoms. The molecule has 0 aromatic rings. The molecule has 40 heavy (non-hydrogen) atoms. The quantitative estimate of drug-likeness (QED) is 0.294. The van der Waals surface area contributed by atoms with E-state index in [0.717, 1.165) is 52.8 Å². The van der Waals surface area contributed by atoms with Crippen molar-refractivity contribution < 1.29 is 10.2 Å². The number of hydrogen-bond acceptors (Lipinski definition) is 2. The Balaban J connectivity index is 0.000000133. The van der Waals surface area contributed by atoms with Crippen LogP contribution >= 0.6 is 0 Å². The Bertz CT molecular complexity index is 942. The van der Waals surface area contributed by atoms with E-state index < -0.39 is 5.79 Å². The zero-order chi connectivity index (χ0) is 28.0. The van der Waals surface area contributed by atoms with E-state index in [1.807, 2.05) is 0 Å². The number of hydrogen-bond donors (Lipinski definition) is 2. The summed E-state index contributed by atoms with van der Waals surface area (Å²) in [5, 5.41) is 21.7. The summed E-state index contributed by atoms with van der Waals surface area (Å²) in [5.74, 6) is 5.67. The van der Waals surface area contributed by atoms with Crippen molar-refractivity contribution in [3.05, 3.63) is 0 Å². The van der Waals surface area contributed by atoms with Gasteiger partial charge in [-0.15, -0.1) is 0 Å². The second-order valence-corrected chi connectivity index (χ2v) is 18.2. The smallest absolute Gasteiger partial charge is 0.168 e. The van der Waals surface area contributed by atoms with Crippen LogP contribution in [0.5, 0.6) is 0 Å². The highest BCUT2D eigenvalue weighted by atomic mass is 16.5. The first-order chi connectivity index (χ1) is 19.0. The molecule has 0 heterocycles. The molecule has 8 fully saturated rings. The van der Waals surface area contributed by atoms with Crippen LogP contribution in [0.25, 0.3) is 0 Å². The molecule has 8 rings (SSSR count). The van der Waals surface area contributed by atoms with Gasteiger partial charge in [-0.1, -0.05) is 53.4 Å². The van der Waals surface area contributed by atoms with Crippen LogP contribution in [0, 0.1) is 69.0 Å². The van der Waals surface area contributed by atoms with Gasteiger partial charge in [-0.25, -0.2) is 0 Å². The maximum absolute atomic E-state index is 10.8. The maximum Gasteiger partial charge on any atom is 0.168 e. The van der Waals surface area contributed by atoms with Crippen LogP contribution in [0.3, 0.4) is 0 Å². The molecule has 0 radical (unpaired) electrons. The summed E-state index contributed by atoms with van der Waals surface area (Å²) in [5.41, 5.74) is 1.80. The van der Waals surface area contributed by atoms with Gasteiger partial charge >= 0.3 is 0 Å². The number of rotatable bonds is 0. The van der Waals surface area contributed by atoms with E-state index in [9.17, 15) is 10.2 Å². The minimum absolute atomic E-state index is 0.252. The van der Waals surface area contributed by atoms with E-state index >= 15 is 0 Å². The summed E-state index contributed by atoms with van der Waals surface area (Å²) in [4.78, 5) is 0. The average molecular weight is 553 g/mol. The summed E-state index contributed by atoms with van der Waals surface area (Å²) in [7, 11) is 0. The first kappa shape index (κ1) is 28.7. The molecule has 228 valence electrons. The zero-order valence-corrected chi connectivity index (χ0v) is 26.9. The third-order valence-corrected chi connectivity index (χ3v) is 17.0. The van der Waals surface area contributed by atoms with Crippen LogP contribution in [0.4, 0.5) is 0 Å². The monoisotopic (exact) mass is 552 g/mol. The lowest BCUT2D eigenvalue weighted by atomic mass is 9.44. The van der Waals surface area contributed by atoms with Gasteiger partial charge in [0, 0.05) is 11.8 Å². The highest BCUT2D eigenvalue weighted by Gasteiger charge is 2.64. The Hall–Kier alpha value is -0.0800. The molecule has 0 saturated heterocycles. The molecule has 0 aromatic carbocycles. The fourth-order valence-corrected chi connectivity index (χ4v) is 14.6. The van der Waals surface area contributed by atoms with Crippen molar-refractivity contribution >= 4 is 0 Å². The van der Waals surface area contributed by atoms with E-state index in [1.54, 1.807) is 51.4 Å². The summed E-state index contributed by atoms with van der Waals surface area (Å²) in [6.07, 6.45) is 29.2. The molecule has 2 N–H and O–H groups in total. The average Bonchev–Trinajstić information content (AvgIpc) is 3.52. The lowest BCUT2D eigenvalue weighted by Gasteiger charge is -2.63. The number of fused-ring (bicyclic) bond motifs is 10. The van der Waals surface area contributed by atoms with Gasteiger partial charge < -0.3 is 10.2 Å². The van der Waals surface area contributed by atoms with Crippen molar-refractivity contribution in [1.29, 1.82) is 0 Å². The highest BCUT2D eigenvalue weighted by molar-refractivity contribution is 5.11. The van der Waals surface area contributed by atoms with Gasteiger partial charge in [-0.3, -0.25) is 0 Å². The molecule has 2 nitrogen and oxygen atoms in total. The Kier molecular flexibility index (Phi) is 7.15. The lowest BCUT2D eigenvalue weighted by molar-refractivity contribution is -0.312. The molecule has 0 spiro atoms. The van der Waals surface area contributed by atoms with E-state index in [4.69, 9.17) is 0 Å². The van der Waals surface area contributed by atoms with Crippen molar-refractivity contribution in [3.8, 4) is 0 Å². The molecule has 0 aliphatic heterocycles. The molecular formula is C38H64O2. The first-order valence-corrected chi connectivity index (χ1v) is 18.5. The second kappa shape index (κ2) is 9.97. The Morgan fingerprint density at radius 2 is 0.975 bits per heavy atom. The molecule has 12 atom stereocenters. The Morgan fingerprint density at radius 3 is 1.65 bits per heavy atom. The molecule has 0 aromatic heterocycles. The summed E-state index contributed by atoms with van der Waals surface area (Å²) in [6, 6.07) is 0. The van der Waals surface area contributed by atoms with Crippen LogP contribution in [-0.4, -0.2) is 16.0 Å². The fraction of sp³-hybridized carbons (Fsp3) is 1.00. The predicted octanol–water partition coefficient (Wildman–Crippen LogP) is 9.91. The van der Waals surface area contributed by atoms with Crippen LogP contribution < -0.4 is 0 Å². The molecule has 2 heteroatoms. The van der Waals surface area contributed by atoms with Gasteiger partial charge in [0.1, 0.15) is 0 Å². The summed E-state index contributed by atoms with van der Waals surface area (Å²) in [6.45, 7) is 10.1. The van der Waals surface area contributed by atoms with E-state index in [2.05, 4.69) is 27.7 Å². The van der Waals surface area contributed by atoms with Crippen molar-refractivity contribution in [1.82, 2.24) is 0 Å². The second-order valence-electron chi connectivity index (χ2n) is 18.2. The minimum atomic E-state index is -1.43. The minimum Gasteiger partial charge on any atom is -0.365 e. The SMILES string of the molecule is C[C@@]12CCC[C@H]1[C@@H]1CCC3CCCC(O)(O)[C@]3(C)[C@H]1CC2.C[C@@]12CCC[C@H]1[C@@H]1CCC3CCCC[C@]3(C)[C@H]1CC2. The van der Waals surface area contributed by atoms with E-state index in [-0.39, 0.29) is 5.41 Å². The molecule has 8 aliphatic rings. The molecule has 8 aliphatic carbocycles. The first-order valence-electron chi connectivity index (χ1n) is 18.5. The van der Waals surface area contributed by atoms with Gasteiger partial charge in [0.25, 0.3) is 0 Å². The third kappa shape index (κ3) is 4.13. The molecule has 2 unspecified atom stereocenters. The Morgan fingerprint density at radius 1 is 0.425 bits per heavy atom. The maximum atomic E-state index is 10.8. The lowest BCUT2D eigenvalue weighted by Crippen LogP contribution is -2.63. The topological polar surface area (TPSA) is 40.5 Å². The van der Waals surface area contributed by atoms with Crippen LogP contribution in [-0.2, 0) is 0 Å². The molecule has 0 amide bonds. The van der Waals surface area contributed by atoms with E-state index in [0.29, 0.717) is 23.7 Å². The van der Waals surface area contributed by atoms with E-state index in [1.165, 1.54) is 70.6 Å². The van der Waals surface area contributed by atoms with Crippen LogP contribution in [0.15, 0.2) is 0 Å². The van der Waals surface area contributed by atoms with Gasteiger partial charge in [0.05, 0.1) is 0 Å². The standard InChI is InChI=1S/C19H32O2.C19H32/c1-17-10-4-6-15(17)14-8-7-13-5-3-11-19(20,21)18(13,2)16(14)9-12-17;1-18-11-5-7-16(18)15-9-8-14-6-3-4-12-19(14,2)17(15)10-13-18/h13-16,20-21H,3-12H2,1-2H3;14-17H,3-13H2,1-2H3/t13?,14-,15-,16-,17-,18-;14?,15-,16-,17-,18-,19-/m00/s1. The highest BCUT2D eigenvalue weighted by Crippen LogP contribution is 2.68. The fourth-order valence-electron chi connectivity index (χ4n) is 14.6. The van der Waals surface area contributed by atoms with Crippen molar-refractivity contribution in [2.75, 3.05) is 0 Å². The van der Waals surface area contributed by atoms with Crippen LogP contribution in [0.2, 0.25) is 0 Å². The largest absolute Gasteiger partial charge is 0.365 e. The number of aliphatic hydroxyl groups is 2. The zero-order valence-electron chi connectivity index (χ0n) is 26.9. The predicted molar refractivity (Wildman–Crippen MR) is 164 cm³/mol. The van der Waals surface area contributed by atoms with Gasteiger partial charge in [0.15, 0.2) is 5.79 Å². The summed E-state index contributed by atoms with van der Waals surface area (Å²) >= 11 is 0. The normalized spacial score (nSPS) is 56.2. The molecule has 8 saturated carbocycles. The van der Waals surface area contributed by atoms with Crippen LogP contribution in [0.1, 0.15) is 163 Å². The van der Waals surface area contributed by atoms with Crippen molar-refractivity contribution in [2.24, 2.45) is 69.0 Å².